The summed E-state index contributed by atoms with van der Waals surface area (Å²) in [6.07, 6.45) is 3.29. The van der Waals surface area contributed by atoms with E-state index in [-0.39, 0.29) is 18.7 Å². The number of rotatable bonds is 5. The van der Waals surface area contributed by atoms with Crippen molar-refractivity contribution in [1.82, 2.24) is 19.5 Å². The molecule has 29 heavy (non-hydrogen) atoms. The van der Waals surface area contributed by atoms with Crippen LogP contribution in [0.15, 0.2) is 41.6 Å². The van der Waals surface area contributed by atoms with Gasteiger partial charge in [-0.15, -0.1) is 0 Å². The van der Waals surface area contributed by atoms with Crippen LogP contribution in [0.5, 0.6) is 0 Å². The van der Waals surface area contributed by atoms with E-state index in [9.17, 15) is 4.79 Å². The summed E-state index contributed by atoms with van der Waals surface area (Å²) < 4.78 is 1.44. The fourth-order valence-corrected chi connectivity index (χ4v) is 3.53. The first-order valence-electron chi connectivity index (χ1n) is 9.67. The molecule has 3 heterocycles. The van der Waals surface area contributed by atoms with Gasteiger partial charge in [0.25, 0.3) is 5.56 Å². The van der Waals surface area contributed by atoms with E-state index >= 15 is 0 Å². The first-order chi connectivity index (χ1) is 14.1. The highest BCUT2D eigenvalue weighted by molar-refractivity contribution is 5.81. The predicted molar refractivity (Wildman–Crippen MR) is 114 cm³/mol. The molecule has 0 bridgehead atoms. The van der Waals surface area contributed by atoms with Crippen molar-refractivity contribution >= 4 is 28.4 Å². The Kier molecular flexibility index (Phi) is 5.30. The lowest BCUT2D eigenvalue weighted by Crippen LogP contribution is -2.47. The molecule has 0 aliphatic carbocycles. The van der Waals surface area contributed by atoms with Gasteiger partial charge in [0.15, 0.2) is 0 Å². The van der Waals surface area contributed by atoms with Crippen LogP contribution in [-0.4, -0.2) is 71.5 Å². The molecule has 2 aromatic heterocycles. The molecule has 1 saturated heterocycles. The molecular formula is C20H25N7O2. The number of nitrogens with zero attached hydrogens (tertiary/aromatic N) is 7. The molecule has 152 valence electrons. The molecule has 1 fully saturated rings. The molecule has 3 aromatic rings. The number of benzene rings is 1. The Morgan fingerprint density at radius 2 is 1.83 bits per heavy atom. The number of hydrogen-bond acceptors (Lipinski definition) is 8. The Morgan fingerprint density at radius 1 is 1.07 bits per heavy atom. The first kappa shape index (κ1) is 19.1. The summed E-state index contributed by atoms with van der Waals surface area (Å²) >= 11 is 0. The van der Waals surface area contributed by atoms with E-state index < -0.39 is 0 Å². The third-order valence-electron chi connectivity index (χ3n) is 5.15. The van der Waals surface area contributed by atoms with E-state index in [0.717, 1.165) is 37.7 Å². The van der Waals surface area contributed by atoms with Gasteiger partial charge in [0.2, 0.25) is 5.95 Å². The van der Waals surface area contributed by atoms with Crippen molar-refractivity contribution in [2.24, 2.45) is 0 Å². The number of anilines is 3. The van der Waals surface area contributed by atoms with Crippen molar-refractivity contribution in [3.8, 4) is 0 Å². The second kappa shape index (κ2) is 8.04. The van der Waals surface area contributed by atoms with Crippen molar-refractivity contribution in [3.05, 3.63) is 47.1 Å². The molecule has 0 radical (unpaired) electrons. The van der Waals surface area contributed by atoms with Gasteiger partial charge in [-0.1, -0.05) is 0 Å². The van der Waals surface area contributed by atoms with Crippen molar-refractivity contribution in [3.63, 3.8) is 0 Å². The summed E-state index contributed by atoms with van der Waals surface area (Å²) in [5.74, 6) is 1.64. The average molecular weight is 395 g/mol. The van der Waals surface area contributed by atoms with Gasteiger partial charge in [-0.3, -0.25) is 9.36 Å². The average Bonchev–Trinajstić information content (AvgIpc) is 2.76. The number of aliphatic hydroxyl groups is 1. The van der Waals surface area contributed by atoms with Gasteiger partial charge in [-0.05, 0) is 24.3 Å². The molecule has 4 rings (SSSR count). The van der Waals surface area contributed by atoms with E-state index in [4.69, 9.17) is 5.11 Å². The van der Waals surface area contributed by atoms with Gasteiger partial charge < -0.3 is 19.8 Å². The summed E-state index contributed by atoms with van der Waals surface area (Å²) in [6, 6.07) is 7.71. The monoisotopic (exact) mass is 395 g/mol. The van der Waals surface area contributed by atoms with Crippen LogP contribution in [0.4, 0.5) is 17.5 Å². The molecule has 1 N–H and O–H groups in total. The van der Waals surface area contributed by atoms with Crippen LogP contribution < -0.4 is 20.3 Å². The van der Waals surface area contributed by atoms with Gasteiger partial charge in [-0.2, -0.15) is 4.98 Å². The number of piperazine rings is 1. The molecule has 0 unspecified atom stereocenters. The largest absolute Gasteiger partial charge is 0.395 e. The third kappa shape index (κ3) is 3.86. The molecule has 0 atom stereocenters. The van der Waals surface area contributed by atoms with Crippen molar-refractivity contribution in [2.45, 2.75) is 6.54 Å². The molecule has 1 aliphatic rings. The normalized spacial score (nSPS) is 14.4. The Balaban J connectivity index is 1.50. The standard InChI is InChI=1S/C20H25N7O2/c1-24(2)20-21-6-5-18(23-20)26-9-7-25(8-10-26)15-3-4-16-17(13-15)22-14-27(11-12-28)19(16)29/h3-6,13-14,28H,7-12H2,1-2H3. The molecule has 0 saturated carbocycles. The van der Waals surface area contributed by atoms with Crippen molar-refractivity contribution < 1.29 is 5.11 Å². The van der Waals surface area contributed by atoms with Crippen LogP contribution in [0.25, 0.3) is 10.9 Å². The van der Waals surface area contributed by atoms with Crippen LogP contribution >= 0.6 is 0 Å². The van der Waals surface area contributed by atoms with Gasteiger partial charge >= 0.3 is 0 Å². The third-order valence-corrected chi connectivity index (χ3v) is 5.15. The molecular weight excluding hydrogens is 370 g/mol. The summed E-state index contributed by atoms with van der Waals surface area (Å²) in [6.45, 7) is 3.59. The topological polar surface area (TPSA) is 90.6 Å². The lowest BCUT2D eigenvalue weighted by Gasteiger charge is -2.36. The highest BCUT2D eigenvalue weighted by atomic mass is 16.3. The smallest absolute Gasteiger partial charge is 0.261 e. The SMILES string of the molecule is CN(C)c1nccc(N2CCN(c3ccc4c(=O)n(CCO)cnc4c3)CC2)n1. The van der Waals surface area contributed by atoms with Crippen molar-refractivity contribution in [2.75, 3.05) is 61.6 Å². The minimum absolute atomic E-state index is 0.0855. The van der Waals surface area contributed by atoms with E-state index in [1.807, 2.05) is 43.3 Å². The second-order valence-electron chi connectivity index (χ2n) is 7.25. The zero-order valence-corrected chi connectivity index (χ0v) is 16.7. The predicted octanol–water partition coefficient (Wildman–Crippen LogP) is 0.571. The van der Waals surface area contributed by atoms with Gasteiger partial charge in [-0.25, -0.2) is 9.97 Å². The maximum absolute atomic E-state index is 12.5. The van der Waals surface area contributed by atoms with Crippen LogP contribution in [0.2, 0.25) is 0 Å². The lowest BCUT2D eigenvalue weighted by molar-refractivity contribution is 0.274. The molecule has 1 aromatic carbocycles. The summed E-state index contributed by atoms with van der Waals surface area (Å²) in [4.78, 5) is 32.2. The second-order valence-corrected chi connectivity index (χ2v) is 7.25. The summed E-state index contributed by atoms with van der Waals surface area (Å²) in [7, 11) is 3.87. The first-order valence-corrected chi connectivity index (χ1v) is 9.67. The van der Waals surface area contributed by atoms with Crippen molar-refractivity contribution in [1.29, 1.82) is 0 Å². The van der Waals surface area contributed by atoms with Crippen LogP contribution in [0, 0.1) is 0 Å². The summed E-state index contributed by atoms with van der Waals surface area (Å²) in [5.41, 5.74) is 1.61. The number of fused-ring (bicyclic) bond motifs is 1. The maximum Gasteiger partial charge on any atom is 0.261 e. The highest BCUT2D eigenvalue weighted by Crippen LogP contribution is 2.22. The zero-order chi connectivity index (χ0) is 20.4. The number of hydrogen-bond donors (Lipinski definition) is 1. The van der Waals surface area contributed by atoms with E-state index in [1.165, 1.54) is 10.9 Å². The Labute approximate surface area is 168 Å². The van der Waals surface area contributed by atoms with Crippen LogP contribution in [0.1, 0.15) is 0 Å². The fourth-order valence-electron chi connectivity index (χ4n) is 3.53. The van der Waals surface area contributed by atoms with E-state index in [1.54, 1.807) is 6.20 Å². The Hall–Kier alpha value is -3.20. The number of aromatic nitrogens is 4. The lowest BCUT2D eigenvalue weighted by atomic mass is 10.2. The number of aliphatic hydroxyl groups excluding tert-OH is 1. The van der Waals surface area contributed by atoms with Gasteiger partial charge in [0, 0.05) is 52.2 Å². The molecule has 9 heteroatoms. The quantitative estimate of drug-likeness (QED) is 0.671. The highest BCUT2D eigenvalue weighted by Gasteiger charge is 2.19. The van der Waals surface area contributed by atoms with E-state index in [0.29, 0.717) is 16.9 Å². The summed E-state index contributed by atoms with van der Waals surface area (Å²) in [5, 5.41) is 9.64. The van der Waals surface area contributed by atoms with Gasteiger partial charge in [0.05, 0.1) is 30.4 Å². The maximum atomic E-state index is 12.5. The van der Waals surface area contributed by atoms with Crippen LogP contribution in [-0.2, 0) is 6.54 Å². The molecule has 1 aliphatic heterocycles. The van der Waals surface area contributed by atoms with Crippen LogP contribution in [0.3, 0.4) is 0 Å². The Morgan fingerprint density at radius 3 is 2.55 bits per heavy atom. The van der Waals surface area contributed by atoms with Gasteiger partial charge in [0.1, 0.15) is 5.82 Å². The zero-order valence-electron chi connectivity index (χ0n) is 16.7. The minimum Gasteiger partial charge on any atom is -0.395 e. The molecule has 0 amide bonds. The molecule has 9 nitrogen and oxygen atoms in total. The Bertz CT molecular complexity index is 1060. The molecule has 0 spiro atoms. The fraction of sp³-hybridized carbons (Fsp3) is 0.400. The minimum atomic E-state index is -0.124. The van der Waals surface area contributed by atoms with E-state index in [2.05, 4.69) is 24.8 Å².